The molecule has 0 spiro atoms. The van der Waals surface area contributed by atoms with Crippen molar-refractivity contribution in [2.24, 2.45) is 0 Å². The number of carbonyl (C=O) groups excluding carboxylic acids is 2. The van der Waals surface area contributed by atoms with Crippen LogP contribution in [-0.4, -0.2) is 50.7 Å². The molecule has 236 valence electrons. The van der Waals surface area contributed by atoms with Crippen molar-refractivity contribution in [3.63, 3.8) is 0 Å². The molecule has 0 N–H and O–H groups in total. The molecule has 40 heavy (non-hydrogen) atoms. The van der Waals surface area contributed by atoms with Crippen LogP contribution >= 0.6 is 0 Å². The first-order valence-electron chi connectivity index (χ1n) is 17.1. The topological polar surface area (TPSA) is 55.8 Å². The first-order valence-corrected chi connectivity index (χ1v) is 17.1. The van der Waals surface area contributed by atoms with Crippen molar-refractivity contribution < 1.29 is 19.1 Å². The Bertz CT molecular complexity index is 590. The first kappa shape index (κ1) is 38.6. The molecule has 0 amide bonds. The lowest BCUT2D eigenvalue weighted by Gasteiger charge is -2.18. The van der Waals surface area contributed by atoms with Gasteiger partial charge in [0.1, 0.15) is 6.10 Å². The van der Waals surface area contributed by atoms with Crippen molar-refractivity contribution >= 4 is 11.9 Å². The van der Waals surface area contributed by atoms with Gasteiger partial charge in [0.2, 0.25) is 0 Å². The highest BCUT2D eigenvalue weighted by Crippen LogP contribution is 2.18. The molecular weight excluding hydrogens is 498 g/mol. The Morgan fingerprint density at radius 3 is 1.55 bits per heavy atom. The quantitative estimate of drug-likeness (QED) is 0.0493. The summed E-state index contributed by atoms with van der Waals surface area (Å²) < 4.78 is 10.6. The maximum absolute atomic E-state index is 12.4. The van der Waals surface area contributed by atoms with Gasteiger partial charge in [-0.2, -0.15) is 0 Å². The fraction of sp³-hybridized carbons (Fsp3) is 0.886. The van der Waals surface area contributed by atoms with E-state index in [0.717, 1.165) is 38.6 Å². The molecule has 0 bridgehead atoms. The van der Waals surface area contributed by atoms with E-state index in [1.165, 1.54) is 123 Å². The molecule has 0 aliphatic carbocycles. The largest absolute Gasteiger partial charge is 0.469 e. The molecule has 0 heterocycles. The van der Waals surface area contributed by atoms with E-state index in [4.69, 9.17) is 4.74 Å². The van der Waals surface area contributed by atoms with Crippen molar-refractivity contribution in [2.45, 2.75) is 174 Å². The number of allylic oxidation sites excluding steroid dienone is 2. The average Bonchev–Trinajstić information content (AvgIpc) is 2.93. The standard InChI is InChI=1S/C35H67NO4/c1-5-6-7-8-18-21-24-28-33(40-35(38)31-27-32-36(2)3)29-25-22-19-16-14-12-10-9-11-13-15-17-20-23-26-30-34(37)39-4/h9,11,33H,5-8,10,12-32H2,1-4H3/b11-9-. The lowest BCUT2D eigenvalue weighted by Crippen LogP contribution is -2.20. The second kappa shape index (κ2) is 30.6. The van der Waals surface area contributed by atoms with Gasteiger partial charge in [-0.3, -0.25) is 9.59 Å². The van der Waals surface area contributed by atoms with Gasteiger partial charge in [0.05, 0.1) is 7.11 Å². The predicted octanol–water partition coefficient (Wildman–Crippen LogP) is 9.96. The van der Waals surface area contributed by atoms with Crippen molar-refractivity contribution in [2.75, 3.05) is 27.7 Å². The summed E-state index contributed by atoms with van der Waals surface area (Å²) in [5.74, 6) is -0.0893. The van der Waals surface area contributed by atoms with E-state index in [-0.39, 0.29) is 18.0 Å². The van der Waals surface area contributed by atoms with Gasteiger partial charge in [-0.15, -0.1) is 0 Å². The third-order valence-corrected chi connectivity index (χ3v) is 7.71. The number of rotatable bonds is 30. The van der Waals surface area contributed by atoms with Gasteiger partial charge >= 0.3 is 11.9 Å². The van der Waals surface area contributed by atoms with Gasteiger partial charge in [-0.25, -0.2) is 0 Å². The zero-order chi connectivity index (χ0) is 29.5. The normalized spacial score (nSPS) is 12.3. The van der Waals surface area contributed by atoms with Crippen LogP contribution in [0.5, 0.6) is 0 Å². The maximum atomic E-state index is 12.4. The van der Waals surface area contributed by atoms with E-state index in [1.54, 1.807) is 0 Å². The molecule has 0 fully saturated rings. The summed E-state index contributed by atoms with van der Waals surface area (Å²) in [6.07, 6.45) is 33.8. The number of methoxy groups -OCH3 is 1. The summed E-state index contributed by atoms with van der Waals surface area (Å²) in [5, 5.41) is 0. The van der Waals surface area contributed by atoms with E-state index >= 15 is 0 Å². The Labute approximate surface area is 249 Å². The van der Waals surface area contributed by atoms with Gasteiger partial charge in [0.15, 0.2) is 0 Å². The number of esters is 2. The Hall–Kier alpha value is -1.36. The summed E-state index contributed by atoms with van der Waals surface area (Å²) >= 11 is 0. The van der Waals surface area contributed by atoms with E-state index in [9.17, 15) is 9.59 Å². The molecule has 5 nitrogen and oxygen atoms in total. The summed E-state index contributed by atoms with van der Waals surface area (Å²) in [4.78, 5) is 25.6. The highest BCUT2D eigenvalue weighted by molar-refractivity contribution is 5.69. The van der Waals surface area contributed by atoms with Crippen LogP contribution in [-0.2, 0) is 19.1 Å². The third-order valence-electron chi connectivity index (χ3n) is 7.71. The Morgan fingerprint density at radius 1 is 0.600 bits per heavy atom. The molecule has 0 rings (SSSR count). The van der Waals surface area contributed by atoms with Crippen LogP contribution in [0.3, 0.4) is 0 Å². The first-order chi connectivity index (χ1) is 19.5. The van der Waals surface area contributed by atoms with Crippen molar-refractivity contribution in [1.82, 2.24) is 4.90 Å². The molecule has 0 aliphatic rings. The van der Waals surface area contributed by atoms with Crippen LogP contribution in [0.25, 0.3) is 0 Å². The van der Waals surface area contributed by atoms with Crippen molar-refractivity contribution in [3.8, 4) is 0 Å². The molecule has 0 saturated carbocycles. The SMILES string of the molecule is CCCCCCCCCC(CCCCCCCC/C=C\CCCCCCCC(=O)OC)OC(=O)CCCN(C)C. The minimum Gasteiger partial charge on any atom is -0.469 e. The van der Waals surface area contributed by atoms with E-state index in [1.807, 2.05) is 14.1 Å². The van der Waals surface area contributed by atoms with Crippen molar-refractivity contribution in [3.05, 3.63) is 12.2 Å². The smallest absolute Gasteiger partial charge is 0.306 e. The molecule has 1 atom stereocenters. The molecule has 0 saturated heterocycles. The number of ether oxygens (including phenoxy) is 2. The van der Waals surface area contributed by atoms with Gasteiger partial charge in [-0.1, -0.05) is 103 Å². The second-order valence-electron chi connectivity index (χ2n) is 12.0. The zero-order valence-electron chi connectivity index (χ0n) is 27.2. The van der Waals surface area contributed by atoms with Crippen LogP contribution in [0.1, 0.15) is 167 Å². The third kappa shape index (κ3) is 29.6. The van der Waals surface area contributed by atoms with Crippen LogP contribution in [0.2, 0.25) is 0 Å². The minimum atomic E-state index is -0.0879. The number of hydrogen-bond donors (Lipinski definition) is 0. The lowest BCUT2D eigenvalue weighted by molar-refractivity contribution is -0.150. The van der Waals surface area contributed by atoms with Crippen LogP contribution in [0.4, 0.5) is 0 Å². The fourth-order valence-corrected chi connectivity index (χ4v) is 5.12. The average molecular weight is 566 g/mol. The highest BCUT2D eigenvalue weighted by Gasteiger charge is 2.14. The Kier molecular flexibility index (Phi) is 29.6. The van der Waals surface area contributed by atoms with Gasteiger partial charge in [-0.05, 0) is 84.8 Å². The van der Waals surface area contributed by atoms with Crippen LogP contribution in [0.15, 0.2) is 12.2 Å². The maximum Gasteiger partial charge on any atom is 0.306 e. The molecule has 0 aromatic carbocycles. The Balaban J connectivity index is 3.84. The number of hydrogen-bond acceptors (Lipinski definition) is 5. The van der Waals surface area contributed by atoms with Gasteiger partial charge < -0.3 is 14.4 Å². The van der Waals surface area contributed by atoms with E-state index in [0.29, 0.717) is 12.8 Å². The lowest BCUT2D eigenvalue weighted by atomic mass is 10.0. The van der Waals surface area contributed by atoms with Gasteiger partial charge in [0, 0.05) is 12.8 Å². The summed E-state index contributed by atoms with van der Waals surface area (Å²) in [5.41, 5.74) is 0. The monoisotopic (exact) mass is 566 g/mol. The fourth-order valence-electron chi connectivity index (χ4n) is 5.12. The van der Waals surface area contributed by atoms with E-state index in [2.05, 4.69) is 28.7 Å². The number of unbranched alkanes of at least 4 members (excludes halogenated alkanes) is 17. The molecule has 0 aromatic rings. The Morgan fingerprint density at radius 2 is 1.05 bits per heavy atom. The zero-order valence-corrected chi connectivity index (χ0v) is 27.2. The predicted molar refractivity (Wildman–Crippen MR) is 171 cm³/mol. The van der Waals surface area contributed by atoms with E-state index < -0.39 is 0 Å². The highest BCUT2D eigenvalue weighted by atomic mass is 16.5. The van der Waals surface area contributed by atoms with Crippen LogP contribution < -0.4 is 0 Å². The number of carbonyl (C=O) groups is 2. The number of nitrogens with zero attached hydrogens (tertiary/aromatic N) is 1. The molecule has 0 aromatic heterocycles. The second-order valence-corrected chi connectivity index (χ2v) is 12.0. The molecule has 5 heteroatoms. The summed E-state index contributed by atoms with van der Waals surface area (Å²) in [6, 6.07) is 0. The summed E-state index contributed by atoms with van der Waals surface area (Å²) in [7, 11) is 5.56. The molecule has 1 unspecified atom stereocenters. The summed E-state index contributed by atoms with van der Waals surface area (Å²) in [6.45, 7) is 3.20. The minimum absolute atomic E-state index is 0.00140. The molecular formula is C35H67NO4. The van der Waals surface area contributed by atoms with Crippen molar-refractivity contribution in [1.29, 1.82) is 0 Å². The van der Waals surface area contributed by atoms with Crippen LogP contribution in [0, 0.1) is 0 Å². The molecule has 0 aliphatic heterocycles. The molecule has 0 radical (unpaired) electrons. The van der Waals surface area contributed by atoms with Gasteiger partial charge in [0.25, 0.3) is 0 Å².